The van der Waals surface area contributed by atoms with Crippen molar-refractivity contribution in [3.63, 3.8) is 0 Å². The number of amides is 1. The van der Waals surface area contributed by atoms with Crippen LogP contribution < -0.4 is 21.4 Å². The van der Waals surface area contributed by atoms with E-state index >= 15 is 0 Å². The van der Waals surface area contributed by atoms with Crippen LogP contribution in [-0.4, -0.2) is 86.3 Å². The van der Waals surface area contributed by atoms with Crippen LogP contribution in [0.2, 0.25) is 0 Å². The number of carbonyl (C=O) groups excluding carboxylic acids is 1. The average Bonchev–Trinajstić information content (AvgIpc) is 3.27. The van der Waals surface area contributed by atoms with E-state index in [1.165, 1.54) is 5.01 Å². The summed E-state index contributed by atoms with van der Waals surface area (Å²) in [7, 11) is 1.85. The van der Waals surface area contributed by atoms with Gasteiger partial charge in [-0.25, -0.2) is 13.8 Å². The van der Waals surface area contributed by atoms with Crippen LogP contribution >= 0.6 is 0 Å². The lowest BCUT2D eigenvalue weighted by atomic mass is 9.85. The smallest absolute Gasteiger partial charge is 0.379 e. The minimum absolute atomic E-state index is 0.100. The number of likely N-dealkylation sites (tertiary alicyclic amines) is 1. The van der Waals surface area contributed by atoms with Crippen LogP contribution in [0.25, 0.3) is 0 Å². The summed E-state index contributed by atoms with van der Waals surface area (Å²) in [6.45, 7) is 6.83. The zero-order valence-corrected chi connectivity index (χ0v) is 22.2. The predicted octanol–water partition coefficient (Wildman–Crippen LogP) is 3.24. The number of alkyl halides is 5. The van der Waals surface area contributed by atoms with E-state index in [0.29, 0.717) is 36.2 Å². The van der Waals surface area contributed by atoms with Crippen LogP contribution in [0.3, 0.4) is 0 Å². The van der Waals surface area contributed by atoms with Gasteiger partial charge < -0.3 is 15.5 Å². The molecule has 0 saturated carbocycles. The molecule has 4 unspecified atom stereocenters. The molecular weight excluding hydrogens is 519 g/mol. The fourth-order valence-electron chi connectivity index (χ4n) is 5.46. The molecule has 3 heterocycles. The Bertz CT molecular complexity index is 1070. The first-order valence-corrected chi connectivity index (χ1v) is 13.3. The maximum absolute atomic E-state index is 14.7. The molecule has 1 amide bonds. The third kappa shape index (κ3) is 6.79. The van der Waals surface area contributed by atoms with Crippen LogP contribution in [0.15, 0.2) is 42.5 Å². The molecule has 0 spiro atoms. The van der Waals surface area contributed by atoms with E-state index in [1.807, 2.05) is 11.9 Å². The number of hydrazine groups is 1. The van der Waals surface area contributed by atoms with Crippen LogP contribution in [-0.2, 0) is 11.2 Å². The molecule has 1 aromatic rings. The molecule has 6 atom stereocenters. The highest BCUT2D eigenvalue weighted by Gasteiger charge is 2.41. The van der Waals surface area contributed by atoms with Gasteiger partial charge in [0.05, 0.1) is 18.0 Å². The molecule has 2 saturated heterocycles. The van der Waals surface area contributed by atoms with Crippen LogP contribution in [0.5, 0.6) is 0 Å². The molecule has 0 bridgehead atoms. The van der Waals surface area contributed by atoms with Crippen molar-refractivity contribution >= 4 is 11.6 Å². The summed E-state index contributed by atoms with van der Waals surface area (Å²) in [4.78, 5) is 14.3. The number of carbonyl (C=O) groups is 1. The zero-order chi connectivity index (χ0) is 28.3. The van der Waals surface area contributed by atoms with Gasteiger partial charge in [0.15, 0.2) is 6.30 Å². The van der Waals surface area contributed by atoms with Crippen molar-refractivity contribution < 1.29 is 26.7 Å². The standard InChI is InChI=1S/C27H37F5N6O/c1-4-38-25(29)20(14-34-38)26(39)33-11-6-7-17-13-19-18(24(35-17)16(2)27(30,31)32)8-5-9-22(19)36-23-10-12-37(3)15-21(23)28/h5-9,17,20-21,23-25,34-36H,2,4,10-15H2,1,3H3,(H,33,39)/b7-6+/t17?,20?,21-,23+,24?,25?/m0/s1. The van der Waals surface area contributed by atoms with Crippen molar-refractivity contribution in [3.05, 3.63) is 53.6 Å². The third-order valence-corrected chi connectivity index (χ3v) is 7.71. The van der Waals surface area contributed by atoms with E-state index < -0.39 is 54.2 Å². The van der Waals surface area contributed by atoms with Crippen molar-refractivity contribution in [2.24, 2.45) is 5.92 Å². The normalized spacial score (nSPS) is 30.3. The largest absolute Gasteiger partial charge is 0.413 e. The fourth-order valence-corrected chi connectivity index (χ4v) is 5.46. The summed E-state index contributed by atoms with van der Waals surface area (Å²) in [6.07, 6.45) is -2.87. The first kappa shape index (κ1) is 29.4. The quantitative estimate of drug-likeness (QED) is 0.224. The van der Waals surface area contributed by atoms with Crippen LogP contribution in [0, 0.1) is 5.92 Å². The molecular formula is C27H37F5N6O. The van der Waals surface area contributed by atoms with Crippen molar-refractivity contribution in [2.75, 3.05) is 45.1 Å². The highest BCUT2D eigenvalue weighted by atomic mass is 19.4. The Labute approximate surface area is 225 Å². The van der Waals surface area contributed by atoms with Gasteiger partial charge >= 0.3 is 6.18 Å². The fraction of sp³-hybridized carbons (Fsp3) is 0.593. The van der Waals surface area contributed by atoms with E-state index in [2.05, 4.69) is 28.0 Å². The Kier molecular flexibility index (Phi) is 9.30. The van der Waals surface area contributed by atoms with Gasteiger partial charge in [-0.2, -0.15) is 13.2 Å². The van der Waals surface area contributed by atoms with Crippen LogP contribution in [0.4, 0.5) is 27.6 Å². The number of anilines is 1. The van der Waals surface area contributed by atoms with Gasteiger partial charge in [-0.1, -0.05) is 37.8 Å². The van der Waals surface area contributed by atoms with Gasteiger partial charge in [-0.15, -0.1) is 0 Å². The van der Waals surface area contributed by atoms with E-state index in [9.17, 15) is 26.7 Å². The van der Waals surface area contributed by atoms with Crippen molar-refractivity contribution in [2.45, 2.75) is 56.5 Å². The summed E-state index contributed by atoms with van der Waals surface area (Å²) < 4.78 is 70.3. The van der Waals surface area contributed by atoms with Crippen molar-refractivity contribution in [1.29, 1.82) is 0 Å². The van der Waals surface area contributed by atoms with Crippen molar-refractivity contribution in [1.82, 2.24) is 26.0 Å². The first-order chi connectivity index (χ1) is 18.5. The van der Waals surface area contributed by atoms with Gasteiger partial charge in [0.25, 0.3) is 0 Å². The Morgan fingerprint density at radius 1 is 1.28 bits per heavy atom. The second-order valence-electron chi connectivity index (χ2n) is 10.4. The van der Waals surface area contributed by atoms with Gasteiger partial charge in [0, 0.05) is 50.0 Å². The number of nitrogens with zero attached hydrogens (tertiary/aromatic N) is 2. The van der Waals surface area contributed by atoms with E-state index in [-0.39, 0.29) is 19.6 Å². The molecule has 0 aliphatic carbocycles. The molecule has 4 rings (SSSR count). The molecule has 39 heavy (non-hydrogen) atoms. The topological polar surface area (TPSA) is 71.7 Å². The number of nitrogens with one attached hydrogen (secondary N) is 4. The number of piperidine rings is 1. The Morgan fingerprint density at radius 2 is 2.05 bits per heavy atom. The number of benzene rings is 1. The number of rotatable bonds is 8. The number of hydrogen-bond donors (Lipinski definition) is 4. The lowest BCUT2D eigenvalue weighted by Gasteiger charge is -2.37. The molecule has 7 nitrogen and oxygen atoms in total. The van der Waals surface area contributed by atoms with Crippen molar-refractivity contribution in [3.8, 4) is 0 Å². The average molecular weight is 557 g/mol. The second-order valence-corrected chi connectivity index (χ2v) is 10.4. The maximum atomic E-state index is 14.7. The Hall–Kier alpha value is -2.54. The summed E-state index contributed by atoms with van der Waals surface area (Å²) in [5, 5.41) is 10.3. The van der Waals surface area contributed by atoms with Gasteiger partial charge in [-0.3, -0.25) is 15.5 Å². The summed E-state index contributed by atoms with van der Waals surface area (Å²) in [5.41, 5.74) is 3.66. The molecule has 216 valence electrons. The monoisotopic (exact) mass is 556 g/mol. The van der Waals surface area contributed by atoms with Gasteiger partial charge in [-0.05, 0) is 37.1 Å². The first-order valence-electron chi connectivity index (χ1n) is 13.3. The lowest BCUT2D eigenvalue weighted by Crippen LogP contribution is -2.46. The minimum Gasteiger partial charge on any atom is -0.379 e. The maximum Gasteiger partial charge on any atom is 0.413 e. The lowest BCUT2D eigenvalue weighted by molar-refractivity contribution is -0.127. The SMILES string of the molecule is C=C(C1NC(/C=C/CNC(=O)C2CNN(CC)C2F)Cc2c(N[C@@H]3CCN(C)C[C@@H]3F)cccc21)C(F)(F)F. The molecule has 1 aromatic carbocycles. The summed E-state index contributed by atoms with van der Waals surface area (Å²) in [5.74, 6) is -1.28. The molecule has 12 heteroatoms. The Balaban J connectivity index is 1.48. The van der Waals surface area contributed by atoms with E-state index in [4.69, 9.17) is 0 Å². The summed E-state index contributed by atoms with van der Waals surface area (Å²) >= 11 is 0. The zero-order valence-electron chi connectivity index (χ0n) is 22.2. The second kappa shape index (κ2) is 12.3. The summed E-state index contributed by atoms with van der Waals surface area (Å²) in [6, 6.07) is 2.95. The number of fused-ring (bicyclic) bond motifs is 1. The molecule has 0 radical (unpaired) electrons. The minimum atomic E-state index is -4.61. The highest BCUT2D eigenvalue weighted by molar-refractivity contribution is 5.79. The highest BCUT2D eigenvalue weighted by Crippen LogP contribution is 2.40. The number of halogens is 5. The molecule has 2 fully saturated rings. The third-order valence-electron chi connectivity index (χ3n) is 7.71. The van der Waals surface area contributed by atoms with E-state index in [0.717, 1.165) is 6.54 Å². The van der Waals surface area contributed by atoms with Gasteiger partial charge in [0.1, 0.15) is 6.17 Å². The Morgan fingerprint density at radius 3 is 2.72 bits per heavy atom. The van der Waals surface area contributed by atoms with Crippen LogP contribution in [0.1, 0.15) is 30.5 Å². The number of hydrogen-bond acceptors (Lipinski definition) is 6. The molecule has 3 aliphatic rings. The van der Waals surface area contributed by atoms with E-state index in [1.54, 1.807) is 37.3 Å². The van der Waals surface area contributed by atoms with Gasteiger partial charge in [0.2, 0.25) is 5.91 Å². The predicted molar refractivity (Wildman–Crippen MR) is 140 cm³/mol. The molecule has 0 aromatic heterocycles. The molecule has 3 aliphatic heterocycles. The molecule has 4 N–H and O–H groups in total.